The Morgan fingerprint density at radius 1 is 1.44 bits per heavy atom. The lowest BCUT2D eigenvalue weighted by atomic mass is 9.96. The molecule has 1 atom stereocenters. The molecule has 0 aliphatic rings. The SMILES string of the molecule is CC(C)(NOS(=O)(=O)O)[C@@H](CO)NC(=O)/C(=N\OCc1cc(=O)c(O)cn1O)c1csc(N)n1. The van der Waals surface area contributed by atoms with Crippen LogP contribution in [-0.4, -0.2) is 67.9 Å². The zero-order valence-electron chi connectivity index (χ0n) is 17.7. The zero-order valence-corrected chi connectivity index (χ0v) is 19.3. The van der Waals surface area contributed by atoms with Crippen LogP contribution in [0.1, 0.15) is 25.2 Å². The van der Waals surface area contributed by atoms with E-state index in [1.54, 1.807) is 0 Å². The molecule has 0 saturated heterocycles. The Hall–Kier alpha value is -3.29. The van der Waals surface area contributed by atoms with Gasteiger partial charge in [-0.15, -0.1) is 11.3 Å². The first-order chi connectivity index (χ1) is 15.7. The lowest BCUT2D eigenvalue weighted by molar-refractivity contribution is -0.116. The van der Waals surface area contributed by atoms with Gasteiger partial charge in [-0.3, -0.25) is 14.1 Å². The van der Waals surface area contributed by atoms with Gasteiger partial charge in [0.15, 0.2) is 23.2 Å². The molecular formula is C16H22N6O10S2. The molecule has 188 valence electrons. The molecule has 2 heterocycles. The van der Waals surface area contributed by atoms with Gasteiger partial charge in [-0.25, -0.2) is 4.98 Å². The summed E-state index contributed by atoms with van der Waals surface area (Å²) in [4.78, 5) is 33.4. The topological polar surface area (TPSA) is 248 Å². The molecule has 0 fully saturated rings. The second-order valence-electron chi connectivity index (χ2n) is 7.19. The summed E-state index contributed by atoms with van der Waals surface area (Å²) in [6.45, 7) is 1.52. The van der Waals surface area contributed by atoms with Crippen molar-refractivity contribution in [3.8, 4) is 5.75 Å². The highest BCUT2D eigenvalue weighted by molar-refractivity contribution is 7.80. The number of nitrogens with zero attached hydrogens (tertiary/aromatic N) is 3. The number of aliphatic hydroxyl groups is 1. The molecule has 0 aromatic carbocycles. The second kappa shape index (κ2) is 10.8. The zero-order chi connectivity index (χ0) is 25.7. The summed E-state index contributed by atoms with van der Waals surface area (Å²) in [5.41, 5.74) is 4.88. The summed E-state index contributed by atoms with van der Waals surface area (Å²) in [7, 11) is -4.86. The van der Waals surface area contributed by atoms with Crippen LogP contribution in [0.2, 0.25) is 0 Å². The monoisotopic (exact) mass is 522 g/mol. The smallest absolute Gasteiger partial charge is 0.413 e. The molecule has 0 aliphatic carbocycles. The molecule has 2 aromatic rings. The summed E-state index contributed by atoms with van der Waals surface area (Å²) < 4.78 is 34.9. The Kier molecular flexibility index (Phi) is 8.53. The number of nitrogens with two attached hydrogens (primary N) is 1. The molecule has 0 aliphatic heterocycles. The van der Waals surface area contributed by atoms with Crippen molar-refractivity contribution in [2.75, 3.05) is 12.3 Å². The van der Waals surface area contributed by atoms with Crippen LogP contribution in [-0.2, 0) is 30.9 Å². The third-order valence-electron chi connectivity index (χ3n) is 4.21. The summed E-state index contributed by atoms with van der Waals surface area (Å²) in [6.07, 6.45) is 0.745. The maximum absolute atomic E-state index is 12.9. The van der Waals surface area contributed by atoms with Gasteiger partial charge in [-0.05, 0) is 13.8 Å². The maximum Gasteiger partial charge on any atom is 0.413 e. The number of aromatic nitrogens is 2. The van der Waals surface area contributed by atoms with Crippen molar-refractivity contribution in [3.05, 3.63) is 39.3 Å². The predicted octanol–water partition coefficient (Wildman–Crippen LogP) is -1.67. The fourth-order valence-electron chi connectivity index (χ4n) is 2.34. The molecule has 0 spiro atoms. The second-order valence-corrected chi connectivity index (χ2v) is 9.10. The van der Waals surface area contributed by atoms with Crippen LogP contribution < -0.4 is 22.0 Å². The number of carbonyl (C=O) groups excluding carboxylic acids is 1. The molecule has 34 heavy (non-hydrogen) atoms. The van der Waals surface area contributed by atoms with Gasteiger partial charge in [0.25, 0.3) is 5.91 Å². The van der Waals surface area contributed by atoms with Crippen molar-refractivity contribution >= 4 is 38.5 Å². The minimum Gasteiger partial charge on any atom is -0.503 e. The third-order valence-corrected chi connectivity index (χ3v) is 5.17. The summed E-state index contributed by atoms with van der Waals surface area (Å²) >= 11 is 0.988. The highest BCUT2D eigenvalue weighted by atomic mass is 32.3. The number of nitrogens with one attached hydrogen (secondary N) is 2. The number of amides is 1. The first-order valence-corrected chi connectivity index (χ1v) is 11.4. The van der Waals surface area contributed by atoms with E-state index in [0.29, 0.717) is 4.73 Å². The molecule has 0 radical (unpaired) electrons. The van der Waals surface area contributed by atoms with Crippen LogP contribution in [0.3, 0.4) is 0 Å². The Balaban J connectivity index is 2.25. The predicted molar refractivity (Wildman–Crippen MR) is 116 cm³/mol. The number of hydrogen-bond donors (Lipinski definition) is 7. The first kappa shape index (κ1) is 27.0. The van der Waals surface area contributed by atoms with E-state index in [1.165, 1.54) is 19.2 Å². The van der Waals surface area contributed by atoms with Crippen molar-refractivity contribution in [1.29, 1.82) is 0 Å². The number of thiazole rings is 1. The van der Waals surface area contributed by atoms with Crippen molar-refractivity contribution < 1.29 is 42.3 Å². The van der Waals surface area contributed by atoms with Crippen molar-refractivity contribution in [3.63, 3.8) is 0 Å². The first-order valence-electron chi connectivity index (χ1n) is 9.13. The van der Waals surface area contributed by atoms with Crippen molar-refractivity contribution in [2.45, 2.75) is 32.0 Å². The van der Waals surface area contributed by atoms with Crippen LogP contribution in [0.25, 0.3) is 0 Å². The van der Waals surface area contributed by atoms with E-state index in [-0.39, 0.29) is 16.5 Å². The number of nitrogen functional groups attached to an aromatic ring is 1. The Morgan fingerprint density at radius 2 is 2.12 bits per heavy atom. The summed E-state index contributed by atoms with van der Waals surface area (Å²) in [6, 6.07) is -0.293. The van der Waals surface area contributed by atoms with Gasteiger partial charge in [0, 0.05) is 11.4 Å². The van der Waals surface area contributed by atoms with E-state index >= 15 is 0 Å². The molecule has 8 N–H and O–H groups in total. The van der Waals surface area contributed by atoms with Crippen LogP contribution in [0.4, 0.5) is 5.13 Å². The van der Waals surface area contributed by atoms with Crippen LogP contribution in [0.15, 0.2) is 27.6 Å². The van der Waals surface area contributed by atoms with Gasteiger partial charge in [0.05, 0.1) is 24.4 Å². The number of aliphatic hydroxyl groups excluding tert-OH is 1. The van der Waals surface area contributed by atoms with Gasteiger partial charge in [-0.2, -0.15) is 22.9 Å². The highest BCUT2D eigenvalue weighted by Gasteiger charge is 2.34. The molecule has 0 saturated carbocycles. The van der Waals surface area contributed by atoms with Crippen LogP contribution in [0.5, 0.6) is 5.75 Å². The largest absolute Gasteiger partial charge is 0.503 e. The number of anilines is 1. The quantitative estimate of drug-likeness (QED) is 0.0755. The number of hydroxylamine groups is 1. The number of oxime groups is 1. The van der Waals surface area contributed by atoms with Crippen LogP contribution >= 0.6 is 11.3 Å². The fourth-order valence-corrected chi connectivity index (χ4v) is 3.21. The van der Waals surface area contributed by atoms with Crippen LogP contribution in [0, 0.1) is 0 Å². The summed E-state index contributed by atoms with van der Waals surface area (Å²) in [5, 5.41) is 36.3. The lowest BCUT2D eigenvalue weighted by Crippen LogP contribution is -2.60. The molecule has 1 amide bonds. The number of pyridine rings is 1. The van der Waals surface area contributed by atoms with E-state index in [9.17, 15) is 33.4 Å². The molecule has 2 aromatic heterocycles. The number of aromatic hydroxyl groups is 1. The number of carbonyl (C=O) groups is 1. The molecule has 16 nitrogen and oxygen atoms in total. The van der Waals surface area contributed by atoms with E-state index < -0.39 is 58.0 Å². The molecule has 2 rings (SSSR count). The minimum absolute atomic E-state index is 0.0104. The van der Waals surface area contributed by atoms with E-state index in [1.807, 2.05) is 5.48 Å². The Morgan fingerprint density at radius 3 is 2.68 bits per heavy atom. The standard InChI is InChI=1S/C16H22N6O10S2/c1-16(2,21-32-34(28,29)30)12(5-23)19-14(26)13(9-7-33-15(17)18-9)20-31-6-8-3-10(24)11(25)4-22(8)27/h3-4,7,12,21,23,25,27H,5-6H2,1-2H3,(H2,17,18)(H,19,26)(H,28,29,30)/b20-13-/t12-/m1/s1. The van der Waals surface area contributed by atoms with Gasteiger partial charge in [0.2, 0.25) is 5.43 Å². The number of rotatable bonds is 11. The van der Waals surface area contributed by atoms with E-state index in [4.69, 9.17) is 15.1 Å². The summed E-state index contributed by atoms with van der Waals surface area (Å²) in [5.74, 6) is -1.63. The van der Waals surface area contributed by atoms with Crippen molar-refractivity contribution in [2.24, 2.45) is 5.16 Å². The van der Waals surface area contributed by atoms with Gasteiger partial charge in [-0.1, -0.05) is 5.16 Å². The Bertz CT molecular complexity index is 1220. The third kappa shape index (κ3) is 7.37. The van der Waals surface area contributed by atoms with Gasteiger partial charge >= 0.3 is 10.4 Å². The molecule has 0 unspecified atom stereocenters. The fraction of sp³-hybridized carbons (Fsp3) is 0.375. The molecular weight excluding hydrogens is 500 g/mol. The molecule has 0 bridgehead atoms. The maximum atomic E-state index is 12.9. The van der Waals surface area contributed by atoms with E-state index in [0.717, 1.165) is 23.6 Å². The average Bonchev–Trinajstić information content (AvgIpc) is 3.16. The van der Waals surface area contributed by atoms with Gasteiger partial charge in [0.1, 0.15) is 11.4 Å². The highest BCUT2D eigenvalue weighted by Crippen LogP contribution is 2.15. The van der Waals surface area contributed by atoms with Crippen molar-refractivity contribution in [1.82, 2.24) is 20.5 Å². The van der Waals surface area contributed by atoms with Gasteiger partial charge < -0.3 is 31.3 Å². The lowest BCUT2D eigenvalue weighted by Gasteiger charge is -2.33. The minimum atomic E-state index is -4.86. The molecule has 18 heteroatoms. The van der Waals surface area contributed by atoms with E-state index in [2.05, 4.69) is 19.7 Å². The normalized spacial score (nSPS) is 13.5. The Labute approximate surface area is 196 Å². The average molecular weight is 523 g/mol. The number of hydrogen-bond acceptors (Lipinski definition) is 14.